The molecule has 0 heterocycles. The average Bonchev–Trinajstić information content (AvgIpc) is 2.59. The Kier molecular flexibility index (Phi) is 2.32. The van der Waals surface area contributed by atoms with Gasteiger partial charge in [0.25, 0.3) is 0 Å². The van der Waals surface area contributed by atoms with Gasteiger partial charge in [-0.3, -0.25) is 0 Å². The summed E-state index contributed by atoms with van der Waals surface area (Å²) in [5.74, 6) is 0. The Labute approximate surface area is 62.6 Å². The van der Waals surface area contributed by atoms with E-state index in [1.54, 1.807) is 0 Å². The molecule has 2 N–H and O–H groups in total. The molecule has 1 aliphatic rings. The Morgan fingerprint density at radius 2 is 2.40 bits per heavy atom. The fourth-order valence-corrected chi connectivity index (χ4v) is 1.36. The molecule has 2 nitrogen and oxygen atoms in total. The van der Waals surface area contributed by atoms with Crippen molar-refractivity contribution in [2.75, 3.05) is 13.2 Å². The van der Waals surface area contributed by atoms with Crippen molar-refractivity contribution >= 4 is 0 Å². The number of hydrogen-bond acceptors (Lipinski definition) is 2. The van der Waals surface area contributed by atoms with Gasteiger partial charge in [-0.15, -0.1) is 0 Å². The van der Waals surface area contributed by atoms with Crippen LogP contribution in [0.4, 0.5) is 0 Å². The molecule has 1 fully saturated rings. The Bertz CT molecular complexity index is 116. The summed E-state index contributed by atoms with van der Waals surface area (Å²) in [4.78, 5) is 0. The van der Waals surface area contributed by atoms with E-state index in [9.17, 15) is 0 Å². The maximum atomic E-state index is 8.52. The van der Waals surface area contributed by atoms with Crippen molar-refractivity contribution < 1.29 is 5.11 Å². The molecule has 0 saturated heterocycles. The molecule has 10 heavy (non-hydrogen) atoms. The molecule has 0 aromatic carbocycles. The fourth-order valence-electron chi connectivity index (χ4n) is 1.36. The lowest BCUT2D eigenvalue weighted by atomic mass is 10.1. The number of aliphatic hydroxyl groups excluding tert-OH is 1. The largest absolute Gasteiger partial charge is 0.395 e. The van der Waals surface area contributed by atoms with Crippen molar-refractivity contribution in [2.24, 2.45) is 5.41 Å². The highest BCUT2D eigenvalue weighted by atomic mass is 16.3. The molecule has 1 rings (SSSR count). The van der Waals surface area contributed by atoms with Crippen LogP contribution in [0, 0.1) is 5.41 Å². The van der Waals surface area contributed by atoms with Gasteiger partial charge < -0.3 is 10.4 Å². The van der Waals surface area contributed by atoms with E-state index in [2.05, 4.69) is 19.2 Å². The molecule has 2 atom stereocenters. The molecule has 0 spiro atoms. The summed E-state index contributed by atoms with van der Waals surface area (Å²) < 4.78 is 0. The van der Waals surface area contributed by atoms with Gasteiger partial charge in [-0.25, -0.2) is 0 Å². The summed E-state index contributed by atoms with van der Waals surface area (Å²) in [5, 5.41) is 11.8. The second-order valence-electron chi connectivity index (χ2n) is 3.44. The van der Waals surface area contributed by atoms with Crippen LogP contribution in [0.25, 0.3) is 0 Å². The van der Waals surface area contributed by atoms with Gasteiger partial charge in [0.15, 0.2) is 0 Å². The van der Waals surface area contributed by atoms with Gasteiger partial charge in [-0.05, 0) is 18.3 Å². The molecule has 60 valence electrons. The predicted octanol–water partition coefficient (Wildman–Crippen LogP) is 0.757. The molecule has 1 saturated carbocycles. The van der Waals surface area contributed by atoms with Crippen LogP contribution in [0.1, 0.15) is 26.7 Å². The monoisotopic (exact) mass is 143 g/mol. The lowest BCUT2D eigenvalue weighted by molar-refractivity contribution is 0.288. The van der Waals surface area contributed by atoms with Crippen LogP contribution >= 0.6 is 0 Å². The van der Waals surface area contributed by atoms with Crippen LogP contribution in [0.5, 0.6) is 0 Å². The second kappa shape index (κ2) is 2.89. The van der Waals surface area contributed by atoms with Crippen LogP contribution in [0.15, 0.2) is 0 Å². The average molecular weight is 143 g/mol. The first-order valence-electron chi connectivity index (χ1n) is 4.07. The standard InChI is InChI=1S/C8H17NO/c1-3-8(2)6-7(8)9-4-5-10/h7,9-10H,3-6H2,1-2H3. The third-order valence-electron chi connectivity index (χ3n) is 2.66. The Morgan fingerprint density at radius 1 is 1.70 bits per heavy atom. The van der Waals surface area contributed by atoms with Gasteiger partial charge in [0.2, 0.25) is 0 Å². The molecule has 0 bridgehead atoms. The molecule has 0 aromatic rings. The van der Waals surface area contributed by atoms with Gasteiger partial charge in [0, 0.05) is 12.6 Å². The first-order chi connectivity index (χ1) is 4.73. The second-order valence-corrected chi connectivity index (χ2v) is 3.44. The molecule has 0 aromatic heterocycles. The highest BCUT2D eigenvalue weighted by molar-refractivity contribution is 5.03. The van der Waals surface area contributed by atoms with E-state index in [0.717, 1.165) is 6.54 Å². The lowest BCUT2D eigenvalue weighted by Crippen LogP contribution is -2.24. The van der Waals surface area contributed by atoms with Gasteiger partial charge in [0.05, 0.1) is 6.61 Å². The van der Waals surface area contributed by atoms with Crippen molar-refractivity contribution in [3.05, 3.63) is 0 Å². The van der Waals surface area contributed by atoms with E-state index < -0.39 is 0 Å². The topological polar surface area (TPSA) is 32.3 Å². The third-order valence-corrected chi connectivity index (χ3v) is 2.66. The number of nitrogens with one attached hydrogen (secondary N) is 1. The summed E-state index contributed by atoms with van der Waals surface area (Å²) in [6.07, 6.45) is 2.53. The summed E-state index contributed by atoms with van der Waals surface area (Å²) in [7, 11) is 0. The summed E-state index contributed by atoms with van der Waals surface area (Å²) >= 11 is 0. The van der Waals surface area contributed by atoms with Gasteiger partial charge >= 0.3 is 0 Å². The van der Waals surface area contributed by atoms with Crippen molar-refractivity contribution in [2.45, 2.75) is 32.7 Å². The summed E-state index contributed by atoms with van der Waals surface area (Å²) in [5.41, 5.74) is 0.537. The van der Waals surface area contributed by atoms with Gasteiger partial charge in [0.1, 0.15) is 0 Å². The van der Waals surface area contributed by atoms with Crippen molar-refractivity contribution in [1.29, 1.82) is 0 Å². The lowest BCUT2D eigenvalue weighted by Gasteiger charge is -2.07. The Morgan fingerprint density at radius 3 is 2.80 bits per heavy atom. The minimum Gasteiger partial charge on any atom is -0.395 e. The van der Waals surface area contributed by atoms with Gasteiger partial charge in [-0.1, -0.05) is 13.8 Å². The molecule has 2 unspecified atom stereocenters. The maximum absolute atomic E-state index is 8.52. The van der Waals surface area contributed by atoms with E-state index in [1.807, 2.05) is 0 Å². The molecule has 1 aliphatic carbocycles. The van der Waals surface area contributed by atoms with Gasteiger partial charge in [-0.2, -0.15) is 0 Å². The van der Waals surface area contributed by atoms with Crippen LogP contribution in [-0.2, 0) is 0 Å². The first-order valence-corrected chi connectivity index (χ1v) is 4.07. The minimum atomic E-state index is 0.260. The van der Waals surface area contributed by atoms with E-state index in [-0.39, 0.29) is 6.61 Å². The maximum Gasteiger partial charge on any atom is 0.0556 e. The van der Waals surface area contributed by atoms with Crippen LogP contribution < -0.4 is 5.32 Å². The quantitative estimate of drug-likeness (QED) is 0.609. The number of rotatable bonds is 4. The zero-order valence-corrected chi connectivity index (χ0v) is 6.85. The highest BCUT2D eigenvalue weighted by Crippen LogP contribution is 2.47. The Hall–Kier alpha value is -0.0800. The number of hydrogen-bond donors (Lipinski definition) is 2. The first kappa shape index (κ1) is 8.02. The normalized spacial score (nSPS) is 38.1. The van der Waals surface area contributed by atoms with E-state index >= 15 is 0 Å². The zero-order chi connectivity index (χ0) is 7.61. The predicted molar refractivity (Wildman–Crippen MR) is 41.9 cm³/mol. The third kappa shape index (κ3) is 1.50. The van der Waals surface area contributed by atoms with Crippen molar-refractivity contribution in [3.63, 3.8) is 0 Å². The van der Waals surface area contributed by atoms with E-state index in [1.165, 1.54) is 12.8 Å². The summed E-state index contributed by atoms with van der Waals surface area (Å²) in [6, 6.07) is 0.671. The molecule has 2 heteroatoms. The molecule has 0 aliphatic heterocycles. The van der Waals surface area contributed by atoms with Crippen LogP contribution in [0.2, 0.25) is 0 Å². The highest BCUT2D eigenvalue weighted by Gasteiger charge is 2.47. The van der Waals surface area contributed by atoms with E-state index in [4.69, 9.17) is 5.11 Å². The molecular formula is C8H17NO. The zero-order valence-electron chi connectivity index (χ0n) is 6.85. The fraction of sp³-hybridized carbons (Fsp3) is 1.00. The molecule has 0 radical (unpaired) electrons. The number of aliphatic hydroxyl groups is 1. The smallest absolute Gasteiger partial charge is 0.0556 e. The minimum absolute atomic E-state index is 0.260. The van der Waals surface area contributed by atoms with Crippen LogP contribution in [-0.4, -0.2) is 24.3 Å². The summed E-state index contributed by atoms with van der Waals surface area (Å²) in [6.45, 7) is 5.53. The Balaban J connectivity index is 2.12. The SMILES string of the molecule is CCC1(C)CC1NCCO. The van der Waals surface area contributed by atoms with Crippen LogP contribution in [0.3, 0.4) is 0 Å². The van der Waals surface area contributed by atoms with Crippen molar-refractivity contribution in [3.8, 4) is 0 Å². The van der Waals surface area contributed by atoms with E-state index in [0.29, 0.717) is 11.5 Å². The molecular weight excluding hydrogens is 126 g/mol. The van der Waals surface area contributed by atoms with Crippen molar-refractivity contribution in [1.82, 2.24) is 5.32 Å². The molecule has 0 amide bonds.